The first-order chi connectivity index (χ1) is 19.3. The molecule has 0 bridgehead atoms. The van der Waals surface area contributed by atoms with E-state index in [1.807, 2.05) is 0 Å². The lowest BCUT2D eigenvalue weighted by molar-refractivity contribution is -0.131. The molecule has 0 fully saturated rings. The monoisotopic (exact) mass is 550 g/mol. The average Bonchev–Trinajstić information content (AvgIpc) is 3.33. The van der Waals surface area contributed by atoms with Crippen LogP contribution in [0.2, 0.25) is 0 Å². The van der Waals surface area contributed by atoms with E-state index >= 15 is 0 Å². The largest absolute Gasteiger partial charge is 0.463 e. The SMILES string of the molecule is CC(=O)Oc1cc(C(=N)N)ccc1NC(c1cc2c(c(OCF)c1)OCOC2)c1nn(-c2ncccn2)c(=O)[nH]1. The van der Waals surface area contributed by atoms with Crippen LogP contribution in [0.1, 0.15) is 35.5 Å². The Morgan fingerprint density at radius 1 is 1.27 bits per heavy atom. The highest BCUT2D eigenvalue weighted by atomic mass is 19.1. The number of nitrogens with two attached hydrogens (primary N) is 1. The second kappa shape index (κ2) is 11.2. The Kier molecular flexibility index (Phi) is 7.37. The zero-order valence-electron chi connectivity index (χ0n) is 21.0. The number of carbonyl (C=O) groups is 1. The van der Waals surface area contributed by atoms with Crippen LogP contribution in [-0.4, -0.2) is 50.2 Å². The lowest BCUT2D eigenvalue weighted by Gasteiger charge is -2.25. The summed E-state index contributed by atoms with van der Waals surface area (Å²) in [5.41, 5.74) is 6.66. The minimum absolute atomic E-state index is 0.0281. The molecular weight excluding hydrogens is 527 g/mol. The van der Waals surface area contributed by atoms with Gasteiger partial charge in [0.1, 0.15) is 11.9 Å². The molecule has 5 N–H and O–H groups in total. The molecule has 0 radical (unpaired) electrons. The highest BCUT2D eigenvalue weighted by Crippen LogP contribution is 2.40. The predicted molar refractivity (Wildman–Crippen MR) is 137 cm³/mol. The van der Waals surface area contributed by atoms with Gasteiger partial charge in [-0.1, -0.05) is 0 Å². The number of aromatic nitrogens is 5. The first-order valence-electron chi connectivity index (χ1n) is 11.8. The summed E-state index contributed by atoms with van der Waals surface area (Å²) < 4.78 is 35.8. The molecule has 5 rings (SSSR count). The number of H-pyrrole nitrogens is 1. The molecule has 2 aromatic heterocycles. The van der Waals surface area contributed by atoms with Gasteiger partial charge in [-0.05, 0) is 42.0 Å². The lowest BCUT2D eigenvalue weighted by atomic mass is 10.0. The number of esters is 1. The third kappa shape index (κ3) is 5.44. The number of fused-ring (bicyclic) bond motifs is 1. The molecule has 0 aliphatic carbocycles. The van der Waals surface area contributed by atoms with Crippen LogP contribution in [0.15, 0.2) is 53.6 Å². The number of nitrogen functional groups attached to an aromatic ring is 1. The number of halogens is 1. The molecule has 1 unspecified atom stereocenters. The number of rotatable bonds is 9. The maximum atomic E-state index is 13.3. The summed E-state index contributed by atoms with van der Waals surface area (Å²) >= 11 is 0. The van der Waals surface area contributed by atoms with Gasteiger partial charge in [-0.25, -0.2) is 19.2 Å². The Morgan fingerprint density at radius 2 is 2.08 bits per heavy atom. The van der Waals surface area contributed by atoms with Crippen molar-refractivity contribution in [3.63, 3.8) is 0 Å². The number of benzene rings is 2. The molecule has 14 nitrogen and oxygen atoms in total. The quantitative estimate of drug-likeness (QED) is 0.103. The number of aromatic amines is 1. The molecule has 0 spiro atoms. The van der Waals surface area contributed by atoms with Gasteiger partial charge < -0.3 is 30.0 Å². The second-order valence-corrected chi connectivity index (χ2v) is 8.44. The smallest absolute Gasteiger partial charge is 0.350 e. The number of amidine groups is 1. The minimum atomic E-state index is -1.11. The van der Waals surface area contributed by atoms with E-state index < -0.39 is 24.6 Å². The van der Waals surface area contributed by atoms with E-state index in [1.165, 1.54) is 31.5 Å². The van der Waals surface area contributed by atoms with Crippen LogP contribution < -0.4 is 31.0 Å². The fourth-order valence-electron chi connectivity index (χ4n) is 4.06. The summed E-state index contributed by atoms with van der Waals surface area (Å²) in [5, 5.41) is 15.4. The number of ether oxygens (including phenoxy) is 4. The van der Waals surface area contributed by atoms with Crippen molar-refractivity contribution >= 4 is 17.5 Å². The van der Waals surface area contributed by atoms with E-state index in [2.05, 4.69) is 25.4 Å². The van der Waals surface area contributed by atoms with E-state index in [-0.39, 0.29) is 42.5 Å². The van der Waals surface area contributed by atoms with E-state index in [9.17, 15) is 14.0 Å². The fraction of sp³-hybridized carbons (Fsp3) is 0.200. The molecule has 0 saturated heterocycles. The fourth-order valence-corrected chi connectivity index (χ4v) is 4.06. The normalized spacial score (nSPS) is 13.1. The van der Waals surface area contributed by atoms with E-state index in [1.54, 1.807) is 24.3 Å². The molecule has 2 aromatic carbocycles. The molecule has 0 amide bonds. The topological polar surface area (TPSA) is 192 Å². The van der Waals surface area contributed by atoms with Crippen LogP contribution in [0.4, 0.5) is 10.1 Å². The third-order valence-electron chi connectivity index (χ3n) is 5.74. The maximum absolute atomic E-state index is 13.3. The average molecular weight is 551 g/mol. The summed E-state index contributed by atoms with van der Waals surface area (Å²) in [4.78, 5) is 35.6. The van der Waals surface area contributed by atoms with Crippen LogP contribution in [-0.2, 0) is 16.1 Å². The van der Waals surface area contributed by atoms with Crippen molar-refractivity contribution in [2.24, 2.45) is 5.73 Å². The van der Waals surface area contributed by atoms with Gasteiger partial charge in [-0.15, -0.1) is 9.78 Å². The number of alkyl halides is 1. The number of anilines is 1. The van der Waals surface area contributed by atoms with E-state index in [4.69, 9.17) is 30.1 Å². The van der Waals surface area contributed by atoms with Crippen LogP contribution in [0, 0.1) is 5.41 Å². The molecule has 0 saturated carbocycles. The summed E-state index contributed by atoms with van der Waals surface area (Å²) in [5.74, 6) is -0.172. The number of hydrogen-bond acceptors (Lipinski definition) is 11. The Hall–Kier alpha value is -5.31. The van der Waals surface area contributed by atoms with Crippen molar-refractivity contribution in [1.82, 2.24) is 24.7 Å². The molecule has 1 atom stereocenters. The molecule has 4 aromatic rings. The Morgan fingerprint density at radius 3 is 2.80 bits per heavy atom. The first-order valence-corrected chi connectivity index (χ1v) is 11.8. The predicted octanol–water partition coefficient (Wildman–Crippen LogP) is 1.93. The molecular formula is C25H23FN8O6. The first kappa shape index (κ1) is 26.3. The Labute approximate surface area is 225 Å². The Bertz CT molecular complexity index is 1620. The van der Waals surface area contributed by atoms with Crippen LogP contribution in [0.5, 0.6) is 17.2 Å². The summed E-state index contributed by atoms with van der Waals surface area (Å²) in [6.45, 7) is 0.246. The van der Waals surface area contributed by atoms with Gasteiger partial charge in [0.05, 0.1) is 12.3 Å². The summed E-state index contributed by atoms with van der Waals surface area (Å²) in [6.07, 6.45) is 2.93. The maximum Gasteiger partial charge on any atom is 0.350 e. The van der Waals surface area contributed by atoms with E-state index in [0.717, 1.165) is 4.68 Å². The minimum Gasteiger partial charge on any atom is -0.463 e. The number of nitrogens with zero attached hydrogens (tertiary/aromatic N) is 4. The highest BCUT2D eigenvalue weighted by Gasteiger charge is 2.27. The van der Waals surface area contributed by atoms with Crippen molar-refractivity contribution in [1.29, 1.82) is 5.41 Å². The van der Waals surface area contributed by atoms with Crippen molar-refractivity contribution in [2.45, 2.75) is 19.6 Å². The molecule has 1 aliphatic rings. The number of hydrogen-bond donors (Lipinski definition) is 4. The number of nitrogens with one attached hydrogen (secondary N) is 3. The standard InChI is InChI=1S/C25H23FN8O6/c1-13(35)40-18-8-14(22(27)28)3-4-17(18)31-20(23-32-25(36)34(33-23)24-29-5-2-6-30-24)15-7-16-10-37-12-39-21(16)19(9-15)38-11-26/h2-9,20,31H,10-12H2,1H3,(H3,27,28)(H,32,33,36). The van der Waals surface area contributed by atoms with Gasteiger partial charge in [-0.2, -0.15) is 0 Å². The van der Waals surface area contributed by atoms with Gasteiger partial charge in [0.2, 0.25) is 6.86 Å². The van der Waals surface area contributed by atoms with Gasteiger partial charge in [0, 0.05) is 30.4 Å². The molecule has 206 valence electrons. The van der Waals surface area contributed by atoms with E-state index in [0.29, 0.717) is 28.1 Å². The van der Waals surface area contributed by atoms with Crippen molar-refractivity contribution in [3.05, 3.63) is 81.8 Å². The molecule has 40 heavy (non-hydrogen) atoms. The van der Waals surface area contributed by atoms with Gasteiger partial charge in [0.15, 0.2) is 29.9 Å². The molecule has 3 heterocycles. The zero-order valence-corrected chi connectivity index (χ0v) is 21.0. The summed E-state index contributed by atoms with van der Waals surface area (Å²) in [7, 11) is 0. The van der Waals surface area contributed by atoms with Crippen LogP contribution >= 0.6 is 0 Å². The molecule has 1 aliphatic heterocycles. The van der Waals surface area contributed by atoms with Crippen molar-refractivity contribution in [3.8, 4) is 23.2 Å². The summed E-state index contributed by atoms with van der Waals surface area (Å²) in [6, 6.07) is 8.47. The van der Waals surface area contributed by atoms with Crippen molar-refractivity contribution < 1.29 is 28.1 Å². The Balaban J connectivity index is 1.66. The van der Waals surface area contributed by atoms with Gasteiger partial charge >= 0.3 is 11.7 Å². The van der Waals surface area contributed by atoms with Gasteiger partial charge in [-0.3, -0.25) is 15.2 Å². The van der Waals surface area contributed by atoms with Crippen LogP contribution in [0.3, 0.4) is 0 Å². The zero-order chi connectivity index (χ0) is 28.2. The number of carbonyl (C=O) groups excluding carboxylic acids is 1. The lowest BCUT2D eigenvalue weighted by Crippen LogP contribution is -2.19. The third-order valence-corrected chi connectivity index (χ3v) is 5.74. The van der Waals surface area contributed by atoms with Crippen LogP contribution in [0.25, 0.3) is 5.95 Å². The molecule has 15 heteroatoms. The second-order valence-electron chi connectivity index (χ2n) is 8.44. The highest BCUT2D eigenvalue weighted by molar-refractivity contribution is 5.96. The van der Waals surface area contributed by atoms with Gasteiger partial charge in [0.25, 0.3) is 5.95 Å². The van der Waals surface area contributed by atoms with Crippen molar-refractivity contribution in [2.75, 3.05) is 19.0 Å².